The number of nitro benzene ring substituents is 1. The van der Waals surface area contributed by atoms with Crippen LogP contribution in [0.5, 0.6) is 0 Å². The molecule has 13 heteroatoms. The molecule has 2 saturated heterocycles. The molecular weight excluding hydrogens is 492 g/mol. The summed E-state index contributed by atoms with van der Waals surface area (Å²) in [5.41, 5.74) is -0.687. The summed E-state index contributed by atoms with van der Waals surface area (Å²) < 4.78 is 5.42. The van der Waals surface area contributed by atoms with E-state index in [0.29, 0.717) is 0 Å². The lowest BCUT2D eigenvalue weighted by Gasteiger charge is -2.28. The number of aliphatic hydroxyl groups is 3. The highest BCUT2D eigenvalue weighted by Crippen LogP contribution is 2.43. The number of carbonyl (C=O) groups is 3. The molecular formula is C24H24N2O11. The second-order valence-corrected chi connectivity index (χ2v) is 9.03. The van der Waals surface area contributed by atoms with Crippen molar-refractivity contribution in [1.82, 2.24) is 4.90 Å². The molecule has 0 spiro atoms. The summed E-state index contributed by atoms with van der Waals surface area (Å²) in [5, 5.41) is 61.0. The summed E-state index contributed by atoms with van der Waals surface area (Å²) in [7, 11) is 0. The molecule has 2 fully saturated rings. The van der Waals surface area contributed by atoms with Gasteiger partial charge in [0, 0.05) is 6.07 Å². The van der Waals surface area contributed by atoms with E-state index in [9.17, 15) is 50.0 Å². The average Bonchev–Trinajstić information content (AvgIpc) is 3.54. The quantitative estimate of drug-likeness (QED) is 0.206. The van der Waals surface area contributed by atoms with E-state index in [2.05, 4.69) is 0 Å². The summed E-state index contributed by atoms with van der Waals surface area (Å²) in [4.78, 5) is 49.2. The maximum absolute atomic E-state index is 13.2. The minimum Gasteiger partial charge on any atom is -0.478 e. The third-order valence-corrected chi connectivity index (χ3v) is 7.00. The minimum atomic E-state index is -1.46. The van der Waals surface area contributed by atoms with Crippen molar-refractivity contribution < 1.29 is 49.6 Å². The second-order valence-electron chi connectivity index (χ2n) is 9.03. The highest BCUT2D eigenvalue weighted by atomic mass is 16.6. The zero-order valence-electron chi connectivity index (χ0n) is 19.9. The molecule has 2 aliphatic rings. The Balaban J connectivity index is 1.81. The van der Waals surface area contributed by atoms with Crippen LogP contribution in [0.2, 0.25) is 0 Å². The Morgan fingerprint density at radius 3 is 2.05 bits per heavy atom. The minimum absolute atomic E-state index is 0.0473. The SMILES string of the molecule is Cc1c(C(=O)O)c(C)c(-c2ccc(C(=O)N3C4OC(CO)C(O)C(O)C43)c([N+](=O)[O-])c2)c(C)c1C(=O)O. The molecule has 2 aliphatic heterocycles. The highest BCUT2D eigenvalue weighted by molar-refractivity contribution is 6.04. The number of hydrogen-bond donors (Lipinski definition) is 5. The smallest absolute Gasteiger partial charge is 0.336 e. The summed E-state index contributed by atoms with van der Waals surface area (Å²) in [5.74, 6) is -3.56. The molecule has 0 saturated carbocycles. The molecule has 2 heterocycles. The largest absolute Gasteiger partial charge is 0.478 e. The number of carboxylic acid groups (broad SMARTS) is 2. The fourth-order valence-corrected chi connectivity index (χ4v) is 5.24. The van der Waals surface area contributed by atoms with Gasteiger partial charge in [0.2, 0.25) is 0 Å². The van der Waals surface area contributed by atoms with Gasteiger partial charge in [-0.3, -0.25) is 14.9 Å². The Labute approximate surface area is 209 Å². The van der Waals surface area contributed by atoms with Crippen LogP contribution in [0.4, 0.5) is 5.69 Å². The molecule has 0 bridgehead atoms. The Bertz CT molecular complexity index is 1310. The van der Waals surface area contributed by atoms with Crippen molar-refractivity contribution in [1.29, 1.82) is 0 Å². The number of fused-ring (bicyclic) bond motifs is 1. The first-order chi connectivity index (χ1) is 17.3. The Kier molecular flexibility index (Phi) is 6.50. The van der Waals surface area contributed by atoms with Gasteiger partial charge in [-0.2, -0.15) is 0 Å². The van der Waals surface area contributed by atoms with Gasteiger partial charge in [-0.25, -0.2) is 9.59 Å². The van der Waals surface area contributed by atoms with Crippen molar-refractivity contribution in [2.75, 3.05) is 6.61 Å². The van der Waals surface area contributed by atoms with E-state index in [0.717, 1.165) is 17.0 Å². The molecule has 5 N–H and O–H groups in total. The van der Waals surface area contributed by atoms with Crippen LogP contribution in [0.3, 0.4) is 0 Å². The lowest BCUT2D eigenvalue weighted by molar-refractivity contribution is -0.385. The van der Waals surface area contributed by atoms with Crippen LogP contribution in [0, 0.1) is 30.9 Å². The number of nitro groups is 1. The topological polar surface area (TPSA) is 208 Å². The number of nitrogens with zero attached hydrogens (tertiary/aromatic N) is 2. The van der Waals surface area contributed by atoms with E-state index < -0.39 is 65.6 Å². The third kappa shape index (κ3) is 4.01. The average molecular weight is 516 g/mol. The molecule has 37 heavy (non-hydrogen) atoms. The maximum Gasteiger partial charge on any atom is 0.336 e. The normalized spacial score (nSPS) is 24.4. The maximum atomic E-state index is 13.2. The molecule has 0 aliphatic carbocycles. The van der Waals surface area contributed by atoms with E-state index in [1.807, 2.05) is 0 Å². The lowest BCUT2D eigenvalue weighted by atomic mass is 9.84. The molecule has 5 unspecified atom stereocenters. The molecule has 0 radical (unpaired) electrons. The number of aliphatic hydroxyl groups excluding tert-OH is 3. The first-order valence-electron chi connectivity index (χ1n) is 11.2. The van der Waals surface area contributed by atoms with Crippen molar-refractivity contribution in [3.05, 3.63) is 61.7 Å². The zero-order chi connectivity index (χ0) is 27.5. The van der Waals surface area contributed by atoms with Crippen molar-refractivity contribution >= 4 is 23.5 Å². The fraction of sp³-hybridized carbons (Fsp3) is 0.375. The first kappa shape index (κ1) is 26.2. The molecule has 13 nitrogen and oxygen atoms in total. The van der Waals surface area contributed by atoms with Crippen molar-refractivity contribution in [2.45, 2.75) is 51.4 Å². The molecule has 196 valence electrons. The summed E-state index contributed by atoms with van der Waals surface area (Å²) in [6.45, 7) is 3.71. The van der Waals surface area contributed by atoms with Crippen LogP contribution in [0.25, 0.3) is 11.1 Å². The van der Waals surface area contributed by atoms with E-state index in [1.165, 1.54) is 26.8 Å². The summed E-state index contributed by atoms with van der Waals surface area (Å²) in [6, 6.07) is 2.61. The Morgan fingerprint density at radius 2 is 1.57 bits per heavy atom. The summed E-state index contributed by atoms with van der Waals surface area (Å²) in [6.07, 6.45) is -5.01. The van der Waals surface area contributed by atoms with Gasteiger partial charge in [0.05, 0.1) is 22.7 Å². The zero-order valence-corrected chi connectivity index (χ0v) is 19.9. The van der Waals surface area contributed by atoms with Crippen molar-refractivity contribution in [3.63, 3.8) is 0 Å². The van der Waals surface area contributed by atoms with Crippen LogP contribution in [-0.4, -0.2) is 90.4 Å². The van der Waals surface area contributed by atoms with Gasteiger partial charge in [0.25, 0.3) is 11.6 Å². The Morgan fingerprint density at radius 1 is 1.00 bits per heavy atom. The van der Waals surface area contributed by atoms with Crippen LogP contribution in [0.1, 0.15) is 47.8 Å². The number of aromatic carboxylic acids is 2. The number of carboxylic acids is 2. The van der Waals surface area contributed by atoms with Gasteiger partial charge >= 0.3 is 11.9 Å². The number of amides is 1. The van der Waals surface area contributed by atoms with Gasteiger partial charge in [0.1, 0.15) is 29.9 Å². The van der Waals surface area contributed by atoms with E-state index in [4.69, 9.17) is 4.74 Å². The number of rotatable bonds is 6. The number of hydrogen-bond acceptors (Lipinski definition) is 9. The molecule has 0 aromatic heterocycles. The van der Waals surface area contributed by atoms with Gasteiger partial charge in [0.15, 0.2) is 6.23 Å². The van der Waals surface area contributed by atoms with Crippen LogP contribution in [0.15, 0.2) is 18.2 Å². The molecule has 2 aromatic rings. The molecule has 2 aromatic carbocycles. The van der Waals surface area contributed by atoms with E-state index in [1.54, 1.807) is 0 Å². The number of carbonyl (C=O) groups excluding carboxylic acids is 1. The predicted octanol–water partition coefficient (Wildman–Crippen LogP) is 0.847. The number of ether oxygens (including phenoxy) is 1. The van der Waals surface area contributed by atoms with Gasteiger partial charge < -0.3 is 35.2 Å². The van der Waals surface area contributed by atoms with E-state index >= 15 is 0 Å². The second kappa shape index (κ2) is 9.19. The predicted molar refractivity (Wildman–Crippen MR) is 124 cm³/mol. The third-order valence-electron chi connectivity index (χ3n) is 7.00. The van der Waals surface area contributed by atoms with E-state index in [-0.39, 0.29) is 44.5 Å². The lowest BCUT2D eigenvalue weighted by Crippen LogP contribution is -2.49. The monoisotopic (exact) mass is 516 g/mol. The standard InChI is InChI=1S/C24H24N2O11/c1-8-15(9(2)17(24(33)34)10(3)16(8)23(31)32)11-4-5-12(13(6-11)26(35)36)21(30)25-18-20(29)19(28)14(7-27)37-22(18)25/h4-6,14,18-20,22,27-29H,7H2,1-3H3,(H,31,32)(H,33,34). The fourth-order valence-electron chi connectivity index (χ4n) is 5.24. The first-order valence-corrected chi connectivity index (χ1v) is 11.2. The molecule has 1 amide bonds. The molecule has 4 rings (SSSR count). The van der Waals surface area contributed by atoms with Gasteiger partial charge in [-0.1, -0.05) is 6.07 Å². The highest BCUT2D eigenvalue weighted by Gasteiger charge is 2.63. The van der Waals surface area contributed by atoms with Crippen LogP contribution >= 0.6 is 0 Å². The van der Waals surface area contributed by atoms with Crippen molar-refractivity contribution in [3.8, 4) is 11.1 Å². The van der Waals surface area contributed by atoms with Crippen LogP contribution < -0.4 is 0 Å². The Hall–Kier alpha value is -3.91. The summed E-state index contributed by atoms with van der Waals surface area (Å²) >= 11 is 0. The van der Waals surface area contributed by atoms with Gasteiger partial charge in [-0.15, -0.1) is 0 Å². The molecule has 5 atom stereocenters. The van der Waals surface area contributed by atoms with Crippen LogP contribution in [-0.2, 0) is 4.74 Å². The van der Waals surface area contributed by atoms with Crippen molar-refractivity contribution in [2.24, 2.45) is 0 Å². The number of benzene rings is 2. The van der Waals surface area contributed by atoms with Gasteiger partial charge in [-0.05, 0) is 54.7 Å².